The molecule has 0 saturated heterocycles. The summed E-state index contributed by atoms with van der Waals surface area (Å²) in [5, 5.41) is 4.74. The van der Waals surface area contributed by atoms with Crippen LogP contribution in [0, 0.1) is 0 Å². The van der Waals surface area contributed by atoms with Crippen LogP contribution in [0.1, 0.15) is 5.82 Å². The molecule has 0 saturated carbocycles. The van der Waals surface area contributed by atoms with Gasteiger partial charge >= 0.3 is 0 Å². The van der Waals surface area contributed by atoms with Gasteiger partial charge in [0.15, 0.2) is 11.0 Å². The van der Waals surface area contributed by atoms with Crippen LogP contribution < -0.4 is 5.32 Å². The topological polar surface area (TPSA) is 64.9 Å². The lowest BCUT2D eigenvalue weighted by Crippen LogP contribution is -2.02. The van der Waals surface area contributed by atoms with Crippen LogP contribution in [0.5, 0.6) is 0 Å². The summed E-state index contributed by atoms with van der Waals surface area (Å²) in [5.41, 5.74) is 0. The normalized spacial score (nSPS) is 10.6. The number of methoxy groups -OCH3 is 1. The van der Waals surface area contributed by atoms with Crippen molar-refractivity contribution in [2.24, 2.45) is 7.05 Å². The van der Waals surface area contributed by atoms with E-state index in [2.05, 4.69) is 20.3 Å². The highest BCUT2D eigenvalue weighted by molar-refractivity contribution is 7.99. The summed E-state index contributed by atoms with van der Waals surface area (Å²) in [6.07, 6.45) is 3.66. The quantitative estimate of drug-likeness (QED) is 0.827. The van der Waals surface area contributed by atoms with Gasteiger partial charge in [-0.3, -0.25) is 0 Å². The number of hydrogen-bond acceptors (Lipinski definition) is 6. The zero-order valence-corrected chi connectivity index (χ0v) is 11.4. The van der Waals surface area contributed by atoms with Gasteiger partial charge in [0.25, 0.3) is 0 Å². The van der Waals surface area contributed by atoms with Crippen LogP contribution >= 0.6 is 11.8 Å². The maximum atomic E-state index is 5.06. The van der Waals surface area contributed by atoms with Crippen molar-refractivity contribution >= 4 is 17.6 Å². The number of rotatable bonds is 5. The van der Waals surface area contributed by atoms with E-state index in [1.54, 1.807) is 13.3 Å². The minimum absolute atomic E-state index is 0.393. The second-order valence-electron chi connectivity index (χ2n) is 3.61. The predicted octanol–water partition coefficient (Wildman–Crippen LogP) is 1.55. The number of imidazole rings is 1. The molecular weight excluding hydrogens is 250 g/mol. The van der Waals surface area contributed by atoms with E-state index < -0.39 is 0 Å². The molecule has 2 rings (SSSR count). The zero-order chi connectivity index (χ0) is 13.0. The van der Waals surface area contributed by atoms with Crippen LogP contribution in [-0.2, 0) is 18.4 Å². The van der Waals surface area contributed by atoms with E-state index in [1.165, 1.54) is 11.8 Å². The fourth-order valence-electron chi connectivity index (χ4n) is 1.39. The maximum absolute atomic E-state index is 5.06. The van der Waals surface area contributed by atoms with Gasteiger partial charge < -0.3 is 14.6 Å². The van der Waals surface area contributed by atoms with Gasteiger partial charge in [0.2, 0.25) is 0 Å². The highest BCUT2D eigenvalue weighted by Gasteiger charge is 2.08. The number of hydrogen-bond donors (Lipinski definition) is 1. The molecule has 0 aromatic carbocycles. The molecule has 18 heavy (non-hydrogen) atoms. The molecule has 0 spiro atoms. The fraction of sp³-hybridized carbons (Fsp3) is 0.364. The van der Waals surface area contributed by atoms with E-state index in [-0.39, 0.29) is 0 Å². The number of nitrogens with one attached hydrogen (secondary N) is 1. The van der Waals surface area contributed by atoms with E-state index in [0.717, 1.165) is 16.0 Å². The van der Waals surface area contributed by atoms with Gasteiger partial charge in [-0.05, 0) is 11.8 Å². The third kappa shape index (κ3) is 2.99. The Morgan fingerprint density at radius 1 is 1.44 bits per heavy atom. The van der Waals surface area contributed by atoms with Crippen molar-refractivity contribution in [3.8, 4) is 0 Å². The third-order valence-corrected chi connectivity index (χ3v) is 3.25. The van der Waals surface area contributed by atoms with Crippen molar-refractivity contribution in [1.29, 1.82) is 0 Å². The van der Waals surface area contributed by atoms with Crippen molar-refractivity contribution < 1.29 is 4.74 Å². The van der Waals surface area contributed by atoms with E-state index >= 15 is 0 Å². The van der Waals surface area contributed by atoms with Crippen molar-refractivity contribution in [2.75, 3.05) is 19.5 Å². The van der Waals surface area contributed by atoms with Crippen LogP contribution in [0.2, 0.25) is 0 Å². The standard InChI is InChI=1S/C11H15N5OS/c1-12-8-6-10(15-9(14-8)7-17-3)18-11-13-4-5-16(11)2/h4-6H,7H2,1-3H3,(H,12,14,15). The van der Waals surface area contributed by atoms with Crippen LogP contribution in [0.4, 0.5) is 5.82 Å². The smallest absolute Gasteiger partial charge is 0.174 e. The first-order valence-electron chi connectivity index (χ1n) is 5.42. The molecule has 1 N–H and O–H groups in total. The average Bonchev–Trinajstić information content (AvgIpc) is 2.75. The minimum Gasteiger partial charge on any atom is -0.377 e. The van der Waals surface area contributed by atoms with E-state index in [0.29, 0.717) is 12.4 Å². The second kappa shape index (κ2) is 5.83. The van der Waals surface area contributed by atoms with Crippen molar-refractivity contribution in [3.05, 3.63) is 24.3 Å². The lowest BCUT2D eigenvalue weighted by molar-refractivity contribution is 0.177. The molecule has 2 heterocycles. The number of aromatic nitrogens is 4. The van der Waals surface area contributed by atoms with Gasteiger partial charge in [0.1, 0.15) is 17.5 Å². The van der Waals surface area contributed by atoms with Gasteiger partial charge in [-0.2, -0.15) is 0 Å². The lowest BCUT2D eigenvalue weighted by Gasteiger charge is -2.06. The number of aryl methyl sites for hydroxylation is 1. The number of ether oxygens (including phenoxy) is 1. The summed E-state index contributed by atoms with van der Waals surface area (Å²) in [4.78, 5) is 13.0. The van der Waals surface area contributed by atoms with Gasteiger partial charge in [-0.15, -0.1) is 0 Å². The second-order valence-corrected chi connectivity index (χ2v) is 4.60. The molecule has 0 unspecified atom stereocenters. The van der Waals surface area contributed by atoms with Crippen LogP contribution in [0.25, 0.3) is 0 Å². The highest BCUT2D eigenvalue weighted by atomic mass is 32.2. The largest absolute Gasteiger partial charge is 0.377 e. The monoisotopic (exact) mass is 265 g/mol. The molecule has 0 fully saturated rings. The Bertz CT molecular complexity index is 528. The summed E-state index contributed by atoms with van der Waals surface area (Å²) < 4.78 is 7.00. The average molecular weight is 265 g/mol. The summed E-state index contributed by atoms with van der Waals surface area (Å²) in [6, 6.07) is 1.89. The Morgan fingerprint density at radius 2 is 2.28 bits per heavy atom. The van der Waals surface area contributed by atoms with E-state index in [4.69, 9.17) is 4.74 Å². The van der Waals surface area contributed by atoms with Crippen molar-refractivity contribution in [3.63, 3.8) is 0 Å². The highest BCUT2D eigenvalue weighted by Crippen LogP contribution is 2.25. The minimum atomic E-state index is 0.393. The third-order valence-electron chi connectivity index (χ3n) is 2.25. The summed E-state index contributed by atoms with van der Waals surface area (Å²) in [6.45, 7) is 0.393. The van der Waals surface area contributed by atoms with Gasteiger partial charge in [-0.1, -0.05) is 0 Å². The number of anilines is 1. The Labute approximate surface area is 110 Å². The summed E-state index contributed by atoms with van der Waals surface area (Å²) in [5.74, 6) is 1.43. The first-order valence-corrected chi connectivity index (χ1v) is 6.24. The van der Waals surface area contributed by atoms with Crippen molar-refractivity contribution in [1.82, 2.24) is 19.5 Å². The van der Waals surface area contributed by atoms with Crippen LogP contribution in [0.3, 0.4) is 0 Å². The molecule has 6 nitrogen and oxygen atoms in total. The fourth-order valence-corrected chi connectivity index (χ4v) is 2.22. The Hall–Kier alpha value is -1.60. The molecule has 2 aromatic rings. The number of nitrogens with zero attached hydrogens (tertiary/aromatic N) is 4. The van der Waals surface area contributed by atoms with Crippen LogP contribution in [-0.4, -0.2) is 33.7 Å². The first-order chi connectivity index (χ1) is 8.72. The maximum Gasteiger partial charge on any atom is 0.174 e. The van der Waals surface area contributed by atoms with E-state index in [1.807, 2.05) is 30.9 Å². The Balaban J connectivity index is 2.26. The molecule has 0 aliphatic rings. The van der Waals surface area contributed by atoms with E-state index in [9.17, 15) is 0 Å². The van der Waals surface area contributed by atoms with Gasteiger partial charge in [0, 0.05) is 39.7 Å². The lowest BCUT2D eigenvalue weighted by atomic mass is 10.5. The molecular formula is C11H15N5OS. The SMILES string of the molecule is CNc1cc(Sc2nccn2C)nc(COC)n1. The Kier molecular flexibility index (Phi) is 4.16. The molecule has 2 aromatic heterocycles. The first kappa shape index (κ1) is 12.8. The molecule has 7 heteroatoms. The summed E-state index contributed by atoms with van der Waals surface area (Å²) in [7, 11) is 5.40. The predicted molar refractivity (Wildman–Crippen MR) is 69.6 cm³/mol. The van der Waals surface area contributed by atoms with Gasteiger partial charge in [0.05, 0.1) is 0 Å². The molecule has 0 bridgehead atoms. The zero-order valence-electron chi connectivity index (χ0n) is 10.5. The summed E-state index contributed by atoms with van der Waals surface area (Å²) >= 11 is 1.50. The van der Waals surface area contributed by atoms with Gasteiger partial charge in [-0.25, -0.2) is 15.0 Å². The molecule has 0 radical (unpaired) electrons. The van der Waals surface area contributed by atoms with Crippen molar-refractivity contribution in [2.45, 2.75) is 16.8 Å². The molecule has 0 atom stereocenters. The molecule has 0 aliphatic heterocycles. The molecule has 0 amide bonds. The molecule has 96 valence electrons. The molecule has 0 aliphatic carbocycles. The Morgan fingerprint density at radius 3 is 2.89 bits per heavy atom. The van der Waals surface area contributed by atoms with Crippen LogP contribution in [0.15, 0.2) is 28.6 Å².